The lowest BCUT2D eigenvalue weighted by molar-refractivity contribution is -0.387. The number of anilines is 2. The SMILES string of the molecule is O=C(Nc1ccccc1N1CCOCC1)c1cc([N+](=O)[O-])c(F)c(F)c1F. The zero-order valence-corrected chi connectivity index (χ0v) is 13.9. The van der Waals surface area contributed by atoms with Gasteiger partial charge in [0, 0.05) is 19.2 Å². The van der Waals surface area contributed by atoms with E-state index in [0.29, 0.717) is 43.7 Å². The maximum Gasteiger partial charge on any atom is 0.308 e. The monoisotopic (exact) mass is 381 g/mol. The van der Waals surface area contributed by atoms with Gasteiger partial charge < -0.3 is 15.0 Å². The average Bonchev–Trinajstić information content (AvgIpc) is 2.67. The number of hydrogen-bond acceptors (Lipinski definition) is 5. The molecule has 3 rings (SSSR count). The smallest absolute Gasteiger partial charge is 0.308 e. The van der Waals surface area contributed by atoms with Crippen LogP contribution in [0.2, 0.25) is 0 Å². The molecular weight excluding hydrogens is 367 g/mol. The molecule has 0 atom stereocenters. The number of benzene rings is 2. The molecule has 1 saturated heterocycles. The quantitative estimate of drug-likeness (QED) is 0.500. The Morgan fingerprint density at radius 3 is 2.44 bits per heavy atom. The van der Waals surface area contributed by atoms with Gasteiger partial charge in [0.2, 0.25) is 11.6 Å². The Balaban J connectivity index is 1.94. The Labute approximate surface area is 151 Å². The molecule has 1 aliphatic rings. The van der Waals surface area contributed by atoms with E-state index in [-0.39, 0.29) is 0 Å². The van der Waals surface area contributed by atoms with E-state index in [4.69, 9.17) is 4.74 Å². The first-order valence-electron chi connectivity index (χ1n) is 7.95. The van der Waals surface area contributed by atoms with E-state index in [1.165, 1.54) is 0 Å². The van der Waals surface area contributed by atoms with Gasteiger partial charge in [-0.25, -0.2) is 8.78 Å². The third-order valence-corrected chi connectivity index (χ3v) is 4.07. The molecule has 0 saturated carbocycles. The molecule has 0 spiro atoms. The highest BCUT2D eigenvalue weighted by Crippen LogP contribution is 2.29. The van der Waals surface area contributed by atoms with Gasteiger partial charge in [0.25, 0.3) is 5.91 Å². The van der Waals surface area contributed by atoms with Gasteiger partial charge in [-0.05, 0) is 12.1 Å². The van der Waals surface area contributed by atoms with Crippen LogP contribution in [0.3, 0.4) is 0 Å². The van der Waals surface area contributed by atoms with Crippen molar-refractivity contribution in [3.63, 3.8) is 0 Å². The molecule has 2 aromatic carbocycles. The van der Waals surface area contributed by atoms with Gasteiger partial charge in [0.05, 0.1) is 35.1 Å². The number of morpholine rings is 1. The third kappa shape index (κ3) is 3.70. The fraction of sp³-hybridized carbons (Fsp3) is 0.235. The van der Waals surface area contributed by atoms with Crippen molar-refractivity contribution < 1.29 is 27.6 Å². The average molecular weight is 381 g/mol. The van der Waals surface area contributed by atoms with Crippen molar-refractivity contribution in [2.24, 2.45) is 0 Å². The largest absolute Gasteiger partial charge is 0.378 e. The lowest BCUT2D eigenvalue weighted by atomic mass is 10.1. The number of amides is 1. The normalized spacial score (nSPS) is 14.1. The van der Waals surface area contributed by atoms with Crippen LogP contribution in [0.15, 0.2) is 30.3 Å². The van der Waals surface area contributed by atoms with Crippen LogP contribution in [0.4, 0.5) is 30.2 Å². The summed E-state index contributed by atoms with van der Waals surface area (Å²) in [5.41, 5.74) is -1.35. The van der Waals surface area contributed by atoms with Crippen LogP contribution in [-0.2, 0) is 4.74 Å². The summed E-state index contributed by atoms with van der Waals surface area (Å²) in [5.74, 6) is -6.95. The van der Waals surface area contributed by atoms with Gasteiger partial charge in [-0.1, -0.05) is 12.1 Å². The molecule has 1 heterocycles. The molecule has 0 bridgehead atoms. The van der Waals surface area contributed by atoms with Gasteiger partial charge in [0.1, 0.15) is 0 Å². The lowest BCUT2D eigenvalue weighted by Gasteiger charge is -2.30. The number of halogens is 3. The van der Waals surface area contributed by atoms with Crippen molar-refractivity contribution in [3.05, 3.63) is 63.5 Å². The molecule has 2 aromatic rings. The second-order valence-corrected chi connectivity index (χ2v) is 5.71. The number of nitro groups is 1. The van der Waals surface area contributed by atoms with Crippen molar-refractivity contribution in [2.45, 2.75) is 0 Å². The summed E-state index contributed by atoms with van der Waals surface area (Å²) in [6.07, 6.45) is 0. The predicted molar refractivity (Wildman–Crippen MR) is 90.4 cm³/mol. The van der Waals surface area contributed by atoms with Gasteiger partial charge in [-0.15, -0.1) is 0 Å². The van der Waals surface area contributed by atoms with E-state index in [9.17, 15) is 28.1 Å². The first-order chi connectivity index (χ1) is 12.9. The molecule has 1 amide bonds. The minimum absolute atomic E-state index is 0.302. The molecule has 1 N–H and O–H groups in total. The number of para-hydroxylation sites is 2. The number of carbonyl (C=O) groups excluding carboxylic acids is 1. The molecule has 7 nitrogen and oxygen atoms in total. The number of ether oxygens (including phenoxy) is 1. The zero-order chi connectivity index (χ0) is 19.6. The van der Waals surface area contributed by atoms with E-state index in [2.05, 4.69) is 5.32 Å². The third-order valence-electron chi connectivity index (χ3n) is 4.07. The molecule has 1 fully saturated rings. The summed E-state index contributed by atoms with van der Waals surface area (Å²) < 4.78 is 46.4. The number of rotatable bonds is 4. The molecule has 27 heavy (non-hydrogen) atoms. The molecule has 10 heteroatoms. The van der Waals surface area contributed by atoms with Crippen LogP contribution in [0.5, 0.6) is 0 Å². The van der Waals surface area contributed by atoms with Crippen molar-refractivity contribution >= 4 is 23.0 Å². The minimum Gasteiger partial charge on any atom is -0.378 e. The van der Waals surface area contributed by atoms with E-state index in [0.717, 1.165) is 0 Å². The summed E-state index contributed by atoms with van der Waals surface area (Å²) >= 11 is 0. The summed E-state index contributed by atoms with van der Waals surface area (Å²) in [4.78, 5) is 23.9. The van der Waals surface area contributed by atoms with Crippen LogP contribution in [0.25, 0.3) is 0 Å². The Bertz CT molecular complexity index is 901. The van der Waals surface area contributed by atoms with Crippen molar-refractivity contribution in [2.75, 3.05) is 36.5 Å². The van der Waals surface area contributed by atoms with Gasteiger partial charge in [0.15, 0.2) is 5.82 Å². The molecule has 1 aliphatic heterocycles. The van der Waals surface area contributed by atoms with Crippen molar-refractivity contribution in [3.8, 4) is 0 Å². The number of nitro benzene ring substituents is 1. The Hall–Kier alpha value is -3.14. The molecule has 0 radical (unpaired) electrons. The second-order valence-electron chi connectivity index (χ2n) is 5.71. The molecular formula is C17H14F3N3O4. The number of hydrogen-bond donors (Lipinski definition) is 1. The van der Waals surface area contributed by atoms with Crippen LogP contribution in [0.1, 0.15) is 10.4 Å². The second kappa shape index (κ2) is 7.62. The standard InChI is InChI=1S/C17H14F3N3O4/c18-14-10(9-13(23(25)26)15(19)16(14)20)17(24)21-11-3-1-2-4-12(11)22-5-7-27-8-6-22/h1-4,9H,5-8H2,(H,21,24). The maximum absolute atomic E-state index is 14.0. The minimum atomic E-state index is -2.07. The number of nitrogens with zero attached hydrogens (tertiary/aromatic N) is 2. The topological polar surface area (TPSA) is 84.7 Å². The first kappa shape index (κ1) is 18.6. The van der Waals surface area contributed by atoms with Crippen LogP contribution in [-0.4, -0.2) is 37.1 Å². The van der Waals surface area contributed by atoms with Crippen LogP contribution in [0, 0.1) is 27.6 Å². The van der Waals surface area contributed by atoms with Crippen molar-refractivity contribution in [1.29, 1.82) is 0 Å². The highest BCUT2D eigenvalue weighted by Gasteiger charge is 2.29. The Morgan fingerprint density at radius 2 is 1.78 bits per heavy atom. The summed E-state index contributed by atoms with van der Waals surface area (Å²) in [6, 6.07) is 7.02. The summed E-state index contributed by atoms with van der Waals surface area (Å²) in [5, 5.41) is 13.2. The van der Waals surface area contributed by atoms with E-state index < -0.39 is 39.5 Å². The van der Waals surface area contributed by atoms with E-state index in [1.54, 1.807) is 24.3 Å². The lowest BCUT2D eigenvalue weighted by Crippen LogP contribution is -2.36. The van der Waals surface area contributed by atoms with Crippen LogP contribution >= 0.6 is 0 Å². The highest BCUT2D eigenvalue weighted by molar-refractivity contribution is 6.06. The molecule has 0 aliphatic carbocycles. The molecule has 0 aromatic heterocycles. The van der Waals surface area contributed by atoms with Gasteiger partial charge >= 0.3 is 5.69 Å². The Kier molecular flexibility index (Phi) is 5.26. The number of carbonyl (C=O) groups is 1. The fourth-order valence-electron chi connectivity index (χ4n) is 2.74. The van der Waals surface area contributed by atoms with Gasteiger partial charge in [-0.2, -0.15) is 4.39 Å². The fourth-order valence-corrected chi connectivity index (χ4v) is 2.74. The molecule has 0 unspecified atom stereocenters. The van der Waals surface area contributed by atoms with Gasteiger partial charge in [-0.3, -0.25) is 14.9 Å². The van der Waals surface area contributed by atoms with E-state index >= 15 is 0 Å². The van der Waals surface area contributed by atoms with Crippen molar-refractivity contribution in [1.82, 2.24) is 0 Å². The Morgan fingerprint density at radius 1 is 1.11 bits per heavy atom. The maximum atomic E-state index is 14.0. The summed E-state index contributed by atoms with van der Waals surface area (Å²) in [6.45, 7) is 2.12. The summed E-state index contributed by atoms with van der Waals surface area (Å²) in [7, 11) is 0. The zero-order valence-electron chi connectivity index (χ0n) is 13.9. The predicted octanol–water partition coefficient (Wildman–Crippen LogP) is 3.10. The molecule has 142 valence electrons. The van der Waals surface area contributed by atoms with Crippen LogP contribution < -0.4 is 10.2 Å². The van der Waals surface area contributed by atoms with E-state index in [1.807, 2.05) is 4.90 Å². The highest BCUT2D eigenvalue weighted by atomic mass is 19.2. The first-order valence-corrected chi connectivity index (χ1v) is 7.95. The number of nitrogens with one attached hydrogen (secondary N) is 1.